The molecule has 0 aromatic carbocycles. The molecule has 2 nitrogen and oxygen atoms in total. The van der Waals surface area contributed by atoms with Gasteiger partial charge in [-0.15, -0.1) is 0 Å². The monoisotopic (exact) mass is 111 g/mol. The van der Waals surface area contributed by atoms with E-state index in [1.807, 2.05) is 13.0 Å². The molecular weight excluding hydrogens is 102 g/mol. The van der Waals surface area contributed by atoms with Gasteiger partial charge >= 0.3 is 0 Å². The van der Waals surface area contributed by atoms with E-state index in [9.17, 15) is 4.79 Å². The lowest BCUT2D eigenvalue weighted by molar-refractivity contribution is -0.104. The first-order valence-electron chi connectivity index (χ1n) is 2.39. The van der Waals surface area contributed by atoms with Gasteiger partial charge in [0.2, 0.25) is 0 Å². The Morgan fingerprint density at radius 2 is 2.12 bits per heavy atom. The van der Waals surface area contributed by atoms with Gasteiger partial charge in [-0.1, -0.05) is 6.08 Å². The topological polar surface area (TPSA) is 29.1 Å². The van der Waals surface area contributed by atoms with Crippen molar-refractivity contribution in [2.45, 2.75) is 6.92 Å². The van der Waals surface area contributed by atoms with E-state index in [1.54, 1.807) is 12.4 Å². The van der Waals surface area contributed by atoms with Crippen molar-refractivity contribution in [3.8, 4) is 0 Å². The molecule has 0 spiro atoms. The van der Waals surface area contributed by atoms with E-state index in [-0.39, 0.29) is 0 Å². The molecule has 0 aliphatic rings. The number of rotatable bonds is 3. The Bertz CT molecular complexity index is 105. The minimum absolute atomic E-state index is 0.719. The summed E-state index contributed by atoms with van der Waals surface area (Å²) in [6.45, 7) is 1.89. The van der Waals surface area contributed by atoms with E-state index in [1.165, 1.54) is 6.08 Å². The molecule has 44 valence electrons. The van der Waals surface area contributed by atoms with Crippen molar-refractivity contribution in [2.24, 2.45) is 0 Å². The number of nitrogens with one attached hydrogen (secondary N) is 1. The molecular formula is C6H9NO. The van der Waals surface area contributed by atoms with Gasteiger partial charge in [0.1, 0.15) is 6.29 Å². The second-order valence-corrected chi connectivity index (χ2v) is 1.16. The van der Waals surface area contributed by atoms with Crippen molar-refractivity contribution in [2.75, 3.05) is 0 Å². The molecule has 0 aromatic rings. The zero-order valence-corrected chi connectivity index (χ0v) is 4.79. The lowest BCUT2D eigenvalue weighted by Gasteiger charge is -1.81. The van der Waals surface area contributed by atoms with Crippen molar-refractivity contribution in [3.05, 3.63) is 24.6 Å². The van der Waals surface area contributed by atoms with E-state index in [2.05, 4.69) is 5.32 Å². The van der Waals surface area contributed by atoms with Gasteiger partial charge in [-0.05, 0) is 19.2 Å². The summed E-state index contributed by atoms with van der Waals surface area (Å²) < 4.78 is 0. The highest BCUT2D eigenvalue weighted by atomic mass is 16.1. The van der Waals surface area contributed by atoms with Crippen LogP contribution in [0, 0.1) is 0 Å². The van der Waals surface area contributed by atoms with Gasteiger partial charge in [0.25, 0.3) is 0 Å². The van der Waals surface area contributed by atoms with E-state index >= 15 is 0 Å². The minimum Gasteiger partial charge on any atom is -0.368 e. The highest BCUT2D eigenvalue weighted by Gasteiger charge is 1.60. The van der Waals surface area contributed by atoms with E-state index in [4.69, 9.17) is 0 Å². The second kappa shape index (κ2) is 5.95. The second-order valence-electron chi connectivity index (χ2n) is 1.16. The third kappa shape index (κ3) is 4.95. The molecule has 1 N–H and O–H groups in total. The fourth-order valence-electron chi connectivity index (χ4n) is 0.247. The zero-order chi connectivity index (χ0) is 6.24. The molecule has 8 heavy (non-hydrogen) atoms. The number of hydrogen-bond acceptors (Lipinski definition) is 2. The Hall–Kier alpha value is -1.05. The van der Waals surface area contributed by atoms with Crippen LogP contribution in [0.15, 0.2) is 24.6 Å². The van der Waals surface area contributed by atoms with Gasteiger partial charge in [-0.2, -0.15) is 0 Å². The van der Waals surface area contributed by atoms with Crippen LogP contribution >= 0.6 is 0 Å². The van der Waals surface area contributed by atoms with E-state index in [0.29, 0.717) is 0 Å². The summed E-state index contributed by atoms with van der Waals surface area (Å²) in [7, 11) is 0. The van der Waals surface area contributed by atoms with Crippen molar-refractivity contribution in [1.82, 2.24) is 5.32 Å². The highest BCUT2D eigenvalue weighted by Crippen LogP contribution is 1.63. The van der Waals surface area contributed by atoms with Crippen LogP contribution in [-0.2, 0) is 4.79 Å². The number of allylic oxidation sites excluding steroid dienone is 2. The molecule has 0 saturated heterocycles. The molecule has 0 unspecified atom stereocenters. The van der Waals surface area contributed by atoms with Crippen LogP contribution in [0.3, 0.4) is 0 Å². The highest BCUT2D eigenvalue weighted by molar-refractivity contribution is 5.64. The fraction of sp³-hybridized carbons (Fsp3) is 0.167. The van der Waals surface area contributed by atoms with Gasteiger partial charge in [0.05, 0.1) is 0 Å². The summed E-state index contributed by atoms with van der Waals surface area (Å²) in [5.74, 6) is 0. The van der Waals surface area contributed by atoms with Gasteiger partial charge in [-0.25, -0.2) is 0 Å². The molecule has 0 fully saturated rings. The predicted octanol–water partition coefficient (Wildman–Crippen LogP) is 0.822. The summed E-state index contributed by atoms with van der Waals surface area (Å²) >= 11 is 0. The number of hydrogen-bond donors (Lipinski definition) is 1. The molecule has 0 radical (unpaired) electrons. The summed E-state index contributed by atoms with van der Waals surface area (Å²) in [6.07, 6.45) is 7.25. The maximum absolute atomic E-state index is 9.62. The lowest BCUT2D eigenvalue weighted by Crippen LogP contribution is -1.89. The number of carbonyl (C=O) groups excluding carboxylic acids is 1. The molecule has 0 aliphatic carbocycles. The van der Waals surface area contributed by atoms with Crippen LogP contribution in [0.1, 0.15) is 6.92 Å². The summed E-state index contributed by atoms with van der Waals surface area (Å²) in [4.78, 5) is 9.62. The quantitative estimate of drug-likeness (QED) is 0.431. The van der Waals surface area contributed by atoms with E-state index in [0.717, 1.165) is 6.29 Å². The smallest absolute Gasteiger partial charge is 0.144 e. The van der Waals surface area contributed by atoms with E-state index < -0.39 is 0 Å². The largest absolute Gasteiger partial charge is 0.368 e. The lowest BCUT2D eigenvalue weighted by atomic mass is 10.6. The Morgan fingerprint density at radius 1 is 1.38 bits per heavy atom. The van der Waals surface area contributed by atoms with Crippen LogP contribution in [0.4, 0.5) is 0 Å². The number of carbonyl (C=O) groups is 1. The molecule has 0 saturated carbocycles. The Balaban J connectivity index is 3.15. The summed E-state index contributed by atoms with van der Waals surface area (Å²) in [6, 6.07) is 0. The first-order valence-corrected chi connectivity index (χ1v) is 2.39. The van der Waals surface area contributed by atoms with Crippen LogP contribution in [0.2, 0.25) is 0 Å². The van der Waals surface area contributed by atoms with Crippen molar-refractivity contribution >= 4 is 6.29 Å². The molecule has 0 rings (SSSR count). The van der Waals surface area contributed by atoms with Crippen molar-refractivity contribution < 1.29 is 4.79 Å². The summed E-state index contributed by atoms with van der Waals surface area (Å²) in [5, 5.41) is 2.74. The Labute approximate surface area is 48.9 Å². The molecule has 0 amide bonds. The van der Waals surface area contributed by atoms with Gasteiger partial charge in [-0.3, -0.25) is 4.79 Å². The van der Waals surface area contributed by atoms with Crippen LogP contribution < -0.4 is 5.32 Å². The average molecular weight is 111 g/mol. The molecule has 0 aromatic heterocycles. The molecule has 0 heterocycles. The van der Waals surface area contributed by atoms with Crippen molar-refractivity contribution in [3.63, 3.8) is 0 Å². The zero-order valence-electron chi connectivity index (χ0n) is 4.79. The first-order chi connectivity index (χ1) is 3.91. The minimum atomic E-state index is 0.719. The molecule has 0 aliphatic heterocycles. The maximum atomic E-state index is 9.62. The van der Waals surface area contributed by atoms with Crippen LogP contribution in [-0.4, -0.2) is 6.29 Å². The standard InChI is InChI=1S/C6H9NO/c1-2-4-7-5-3-6-8/h2-7H,1H3/b4-2-,5-3-. The Kier molecular flexibility index (Phi) is 5.17. The van der Waals surface area contributed by atoms with Gasteiger partial charge in [0, 0.05) is 6.20 Å². The van der Waals surface area contributed by atoms with Gasteiger partial charge in [0.15, 0.2) is 0 Å². The Morgan fingerprint density at radius 3 is 2.62 bits per heavy atom. The summed E-state index contributed by atoms with van der Waals surface area (Å²) in [5.41, 5.74) is 0. The molecule has 2 heteroatoms. The average Bonchev–Trinajstić information content (AvgIpc) is 1.81. The third-order valence-corrected chi connectivity index (χ3v) is 0.534. The van der Waals surface area contributed by atoms with Gasteiger partial charge < -0.3 is 5.32 Å². The van der Waals surface area contributed by atoms with Crippen molar-refractivity contribution in [1.29, 1.82) is 0 Å². The predicted molar refractivity (Wildman–Crippen MR) is 33.2 cm³/mol. The number of aldehydes is 1. The maximum Gasteiger partial charge on any atom is 0.144 e. The molecule has 0 atom stereocenters. The SMILES string of the molecule is C/C=C\N/C=C\C=O. The normalized spacial score (nSPS) is 10.6. The molecule has 0 bridgehead atoms. The third-order valence-electron chi connectivity index (χ3n) is 0.534. The fourth-order valence-corrected chi connectivity index (χ4v) is 0.247. The van der Waals surface area contributed by atoms with Crippen LogP contribution in [0.25, 0.3) is 0 Å². The van der Waals surface area contributed by atoms with Crippen LogP contribution in [0.5, 0.6) is 0 Å². The first kappa shape index (κ1) is 6.95.